The van der Waals surface area contributed by atoms with Gasteiger partial charge in [-0.3, -0.25) is 4.79 Å². The molecule has 6 nitrogen and oxygen atoms in total. The largest absolute Gasteiger partial charge is 0.354 e. The van der Waals surface area contributed by atoms with Crippen LogP contribution < -0.4 is 4.90 Å². The highest BCUT2D eigenvalue weighted by Crippen LogP contribution is 2.16. The van der Waals surface area contributed by atoms with Crippen LogP contribution in [0, 0.1) is 5.92 Å². The minimum atomic E-state index is -0.0162. The van der Waals surface area contributed by atoms with Gasteiger partial charge < -0.3 is 14.7 Å². The Bertz CT molecular complexity index is 422. The van der Waals surface area contributed by atoms with Gasteiger partial charge in [0.2, 0.25) is 5.91 Å². The highest BCUT2D eigenvalue weighted by Gasteiger charge is 2.28. The van der Waals surface area contributed by atoms with E-state index in [1.807, 2.05) is 20.2 Å². The van der Waals surface area contributed by atoms with Gasteiger partial charge in [-0.15, -0.1) is 0 Å². The highest BCUT2D eigenvalue weighted by molar-refractivity contribution is 5.79. The quantitative estimate of drug-likeness (QED) is 0.748. The summed E-state index contributed by atoms with van der Waals surface area (Å²) in [6.45, 7) is 3.31. The number of anilines is 1. The molecule has 0 N–H and O–H groups in total. The zero-order valence-electron chi connectivity index (χ0n) is 11.8. The molecule has 1 atom stereocenters. The maximum absolute atomic E-state index is 12.2. The average Bonchev–Trinajstić information content (AvgIpc) is 2.61. The second-order valence-corrected chi connectivity index (χ2v) is 5.21. The molecule has 0 radical (unpaired) electrons. The summed E-state index contributed by atoms with van der Waals surface area (Å²) in [5.74, 6) is 1.05. The number of rotatable bonds is 2. The number of amides is 1. The SMILES string of the molecule is CN1CCN(c2ccncn2)C[C@H](C(=O)N(C)C)C1. The third kappa shape index (κ3) is 3.41. The average molecular weight is 263 g/mol. The molecule has 0 aliphatic carbocycles. The third-order valence-electron chi connectivity index (χ3n) is 3.40. The molecule has 0 bridgehead atoms. The molecule has 1 aromatic heterocycles. The monoisotopic (exact) mass is 263 g/mol. The fourth-order valence-corrected chi connectivity index (χ4v) is 2.37. The van der Waals surface area contributed by atoms with E-state index in [9.17, 15) is 4.79 Å². The molecular formula is C13H21N5O. The van der Waals surface area contributed by atoms with Gasteiger partial charge in [-0.2, -0.15) is 0 Å². The van der Waals surface area contributed by atoms with Crippen molar-refractivity contribution in [3.8, 4) is 0 Å². The second kappa shape index (κ2) is 5.97. The van der Waals surface area contributed by atoms with Crippen molar-refractivity contribution in [2.24, 2.45) is 5.92 Å². The fourth-order valence-electron chi connectivity index (χ4n) is 2.37. The minimum Gasteiger partial charge on any atom is -0.354 e. The van der Waals surface area contributed by atoms with Gasteiger partial charge in [-0.1, -0.05) is 0 Å². The number of likely N-dealkylation sites (N-methyl/N-ethyl adjacent to an activating group) is 1. The van der Waals surface area contributed by atoms with Crippen LogP contribution in [0.4, 0.5) is 5.82 Å². The van der Waals surface area contributed by atoms with E-state index in [-0.39, 0.29) is 11.8 Å². The number of carbonyl (C=O) groups is 1. The van der Waals surface area contributed by atoms with Crippen LogP contribution in [0.5, 0.6) is 0 Å². The number of nitrogens with zero attached hydrogens (tertiary/aromatic N) is 5. The molecule has 1 saturated heterocycles. The summed E-state index contributed by atoms with van der Waals surface area (Å²) < 4.78 is 0. The molecule has 2 rings (SSSR count). The Morgan fingerprint density at radius 3 is 2.79 bits per heavy atom. The topological polar surface area (TPSA) is 52.6 Å². The van der Waals surface area contributed by atoms with E-state index in [0.29, 0.717) is 6.54 Å². The van der Waals surface area contributed by atoms with Gasteiger partial charge in [0.25, 0.3) is 0 Å². The summed E-state index contributed by atoms with van der Waals surface area (Å²) in [5.41, 5.74) is 0. The lowest BCUT2D eigenvalue weighted by atomic mass is 10.1. The lowest BCUT2D eigenvalue weighted by molar-refractivity contribution is -0.133. The van der Waals surface area contributed by atoms with Crippen molar-refractivity contribution in [1.29, 1.82) is 0 Å². The molecule has 1 fully saturated rings. The Labute approximate surface area is 114 Å². The van der Waals surface area contributed by atoms with Gasteiger partial charge >= 0.3 is 0 Å². The Hall–Kier alpha value is -1.69. The van der Waals surface area contributed by atoms with Crippen LogP contribution in [-0.2, 0) is 4.79 Å². The second-order valence-electron chi connectivity index (χ2n) is 5.21. The molecule has 0 unspecified atom stereocenters. The van der Waals surface area contributed by atoms with Gasteiger partial charge in [-0.25, -0.2) is 9.97 Å². The van der Waals surface area contributed by atoms with Crippen molar-refractivity contribution in [1.82, 2.24) is 19.8 Å². The molecule has 1 aromatic rings. The summed E-state index contributed by atoms with van der Waals surface area (Å²) >= 11 is 0. The van der Waals surface area contributed by atoms with Crippen LogP contribution in [0.15, 0.2) is 18.6 Å². The van der Waals surface area contributed by atoms with Crippen molar-refractivity contribution >= 4 is 11.7 Å². The van der Waals surface area contributed by atoms with E-state index in [1.165, 1.54) is 0 Å². The van der Waals surface area contributed by atoms with E-state index in [2.05, 4.69) is 26.8 Å². The van der Waals surface area contributed by atoms with Crippen LogP contribution in [0.1, 0.15) is 0 Å². The first-order valence-electron chi connectivity index (χ1n) is 6.48. The predicted octanol–water partition coefficient (Wildman–Crippen LogP) is -0.0672. The van der Waals surface area contributed by atoms with E-state index < -0.39 is 0 Å². The zero-order chi connectivity index (χ0) is 13.8. The molecule has 19 heavy (non-hydrogen) atoms. The first kappa shape index (κ1) is 13.7. The van der Waals surface area contributed by atoms with Crippen molar-refractivity contribution < 1.29 is 4.79 Å². The first-order chi connectivity index (χ1) is 9.08. The van der Waals surface area contributed by atoms with E-state index in [0.717, 1.165) is 25.5 Å². The van der Waals surface area contributed by atoms with Crippen LogP contribution in [0.25, 0.3) is 0 Å². The van der Waals surface area contributed by atoms with Crippen molar-refractivity contribution in [3.05, 3.63) is 18.6 Å². The van der Waals surface area contributed by atoms with Gasteiger partial charge in [0.15, 0.2) is 0 Å². The Morgan fingerprint density at radius 2 is 2.16 bits per heavy atom. The highest BCUT2D eigenvalue weighted by atomic mass is 16.2. The van der Waals surface area contributed by atoms with Crippen LogP contribution in [0.3, 0.4) is 0 Å². The van der Waals surface area contributed by atoms with Crippen LogP contribution in [-0.4, -0.2) is 73.0 Å². The third-order valence-corrected chi connectivity index (χ3v) is 3.40. The first-order valence-corrected chi connectivity index (χ1v) is 6.48. The van der Waals surface area contributed by atoms with E-state index >= 15 is 0 Å². The van der Waals surface area contributed by atoms with Crippen LogP contribution in [0.2, 0.25) is 0 Å². The molecule has 1 aliphatic rings. The molecule has 2 heterocycles. The van der Waals surface area contributed by atoms with Crippen molar-refractivity contribution in [3.63, 3.8) is 0 Å². The number of aromatic nitrogens is 2. The number of hydrogen-bond donors (Lipinski definition) is 0. The molecule has 6 heteroatoms. The predicted molar refractivity (Wildman–Crippen MR) is 73.9 cm³/mol. The van der Waals surface area contributed by atoms with E-state index in [4.69, 9.17) is 0 Å². The van der Waals surface area contributed by atoms with Crippen LogP contribution >= 0.6 is 0 Å². The summed E-state index contributed by atoms with van der Waals surface area (Å²) in [7, 11) is 5.67. The standard InChI is InChI=1S/C13H21N5O/c1-16(2)13(19)11-8-17(3)6-7-18(9-11)12-4-5-14-10-15-12/h4-5,10-11H,6-9H2,1-3H3/t11-/m1/s1. The molecule has 1 aliphatic heterocycles. The maximum atomic E-state index is 12.2. The maximum Gasteiger partial charge on any atom is 0.228 e. The van der Waals surface area contributed by atoms with Crippen molar-refractivity contribution in [2.45, 2.75) is 0 Å². The molecular weight excluding hydrogens is 242 g/mol. The van der Waals surface area contributed by atoms with Gasteiger partial charge in [0, 0.05) is 46.5 Å². The number of hydrogen-bond acceptors (Lipinski definition) is 5. The molecule has 0 aromatic carbocycles. The molecule has 0 spiro atoms. The minimum absolute atomic E-state index is 0.0162. The summed E-state index contributed by atoms with van der Waals surface area (Å²) in [4.78, 5) is 26.5. The Balaban J connectivity index is 2.16. The van der Waals surface area contributed by atoms with Crippen molar-refractivity contribution in [2.75, 3.05) is 52.2 Å². The summed E-state index contributed by atoms with van der Waals surface area (Å²) in [6.07, 6.45) is 3.28. The zero-order valence-corrected chi connectivity index (χ0v) is 11.8. The van der Waals surface area contributed by atoms with E-state index in [1.54, 1.807) is 17.4 Å². The lowest BCUT2D eigenvalue weighted by Gasteiger charge is -2.26. The number of carbonyl (C=O) groups excluding carboxylic acids is 1. The molecule has 1 amide bonds. The van der Waals surface area contributed by atoms with Gasteiger partial charge in [-0.05, 0) is 13.1 Å². The molecule has 0 saturated carbocycles. The van der Waals surface area contributed by atoms with Gasteiger partial charge in [0.05, 0.1) is 5.92 Å². The normalized spacial score (nSPS) is 21.0. The Kier molecular flexibility index (Phi) is 4.31. The van der Waals surface area contributed by atoms with Gasteiger partial charge in [0.1, 0.15) is 12.1 Å². The smallest absolute Gasteiger partial charge is 0.228 e. The summed E-state index contributed by atoms with van der Waals surface area (Å²) in [5, 5.41) is 0. The summed E-state index contributed by atoms with van der Waals surface area (Å²) in [6, 6.07) is 1.89. The molecule has 104 valence electrons. The lowest BCUT2D eigenvalue weighted by Crippen LogP contribution is -2.40. The Morgan fingerprint density at radius 1 is 1.37 bits per heavy atom. The fraction of sp³-hybridized carbons (Fsp3) is 0.615.